The number of ether oxygens (including phenoxy) is 2. The second kappa shape index (κ2) is 6.43. The molecule has 1 fully saturated rings. The van der Waals surface area contributed by atoms with Crippen molar-refractivity contribution in [3.8, 4) is 11.5 Å². The van der Waals surface area contributed by atoms with Gasteiger partial charge < -0.3 is 25.6 Å². The van der Waals surface area contributed by atoms with Gasteiger partial charge in [0.2, 0.25) is 0 Å². The van der Waals surface area contributed by atoms with Crippen LogP contribution in [0.3, 0.4) is 0 Å². The summed E-state index contributed by atoms with van der Waals surface area (Å²) in [5.74, 6) is 1.96. The first-order valence-corrected chi connectivity index (χ1v) is 7.44. The molecule has 1 aromatic rings. The van der Waals surface area contributed by atoms with E-state index in [4.69, 9.17) is 15.2 Å². The van der Waals surface area contributed by atoms with Gasteiger partial charge in [-0.25, -0.2) is 0 Å². The van der Waals surface area contributed by atoms with Crippen molar-refractivity contribution in [3.05, 3.63) is 12.1 Å². The van der Waals surface area contributed by atoms with Crippen molar-refractivity contribution >= 4 is 11.4 Å². The normalized spacial score (nSPS) is 25.4. The average Bonchev–Trinajstić information content (AvgIpc) is 2.51. The van der Waals surface area contributed by atoms with Gasteiger partial charge in [-0.15, -0.1) is 0 Å². The predicted octanol–water partition coefficient (Wildman–Crippen LogP) is 2.64. The first kappa shape index (κ1) is 15.8. The summed E-state index contributed by atoms with van der Waals surface area (Å²) in [7, 11) is 3.18. The second-order valence-corrected chi connectivity index (χ2v) is 6.04. The Morgan fingerprint density at radius 2 is 1.81 bits per heavy atom. The fraction of sp³-hybridized carbons (Fsp3) is 0.625. The number of benzene rings is 1. The molecular formula is C16H26N2O3. The molecule has 2 rings (SSSR count). The Bertz CT molecular complexity index is 483. The largest absolute Gasteiger partial charge is 0.493 e. The number of hydrogen-bond donors (Lipinski definition) is 3. The third-order valence-electron chi connectivity index (χ3n) is 4.49. The van der Waals surface area contributed by atoms with E-state index in [1.54, 1.807) is 20.3 Å². The molecule has 5 heteroatoms. The summed E-state index contributed by atoms with van der Waals surface area (Å²) in [6, 6.07) is 3.58. The number of aliphatic hydroxyl groups is 1. The number of rotatable bonds is 5. The van der Waals surface area contributed by atoms with E-state index in [9.17, 15) is 5.11 Å². The highest BCUT2D eigenvalue weighted by molar-refractivity contribution is 5.72. The van der Waals surface area contributed by atoms with E-state index in [0.29, 0.717) is 23.1 Å². The van der Waals surface area contributed by atoms with Crippen LogP contribution in [0, 0.1) is 5.92 Å². The zero-order valence-corrected chi connectivity index (χ0v) is 13.1. The van der Waals surface area contributed by atoms with Crippen LogP contribution >= 0.6 is 0 Å². The summed E-state index contributed by atoms with van der Waals surface area (Å²) >= 11 is 0. The molecule has 0 heterocycles. The number of nitrogens with one attached hydrogen (secondary N) is 1. The molecule has 0 saturated heterocycles. The molecule has 1 aliphatic carbocycles. The van der Waals surface area contributed by atoms with E-state index < -0.39 is 0 Å². The quantitative estimate of drug-likeness (QED) is 0.728. The molecule has 0 bridgehead atoms. The van der Waals surface area contributed by atoms with E-state index >= 15 is 0 Å². The molecule has 118 valence electrons. The van der Waals surface area contributed by atoms with Crippen LogP contribution in [0.4, 0.5) is 11.4 Å². The summed E-state index contributed by atoms with van der Waals surface area (Å²) in [6.45, 7) is 2.36. The smallest absolute Gasteiger partial charge is 0.162 e. The standard InChI is InChI=1S/C16H26N2O3/c1-11-4-6-16(10-19,7-5-11)18-13-9-15(21-3)14(20-2)8-12(13)17/h8-9,11,18-19H,4-7,10,17H2,1-3H3. The Morgan fingerprint density at radius 3 is 2.33 bits per heavy atom. The SMILES string of the molecule is COc1cc(N)c(NC2(CO)CCC(C)CC2)cc1OC. The van der Waals surface area contributed by atoms with Crippen LogP contribution in [0.25, 0.3) is 0 Å². The minimum Gasteiger partial charge on any atom is -0.493 e. The molecule has 1 aliphatic rings. The number of nitrogen functional groups attached to an aromatic ring is 1. The van der Waals surface area contributed by atoms with Crippen LogP contribution < -0.4 is 20.5 Å². The Kier molecular flexibility index (Phi) is 4.83. The molecule has 0 aliphatic heterocycles. The summed E-state index contributed by atoms with van der Waals surface area (Å²) < 4.78 is 10.6. The highest BCUT2D eigenvalue weighted by atomic mass is 16.5. The van der Waals surface area contributed by atoms with Crippen LogP contribution in [-0.4, -0.2) is 31.5 Å². The Hall–Kier alpha value is -1.62. The van der Waals surface area contributed by atoms with E-state index in [-0.39, 0.29) is 12.1 Å². The lowest BCUT2D eigenvalue weighted by Crippen LogP contribution is -2.45. The molecule has 0 amide bonds. The Morgan fingerprint density at radius 1 is 1.24 bits per heavy atom. The highest BCUT2D eigenvalue weighted by Crippen LogP contribution is 2.39. The van der Waals surface area contributed by atoms with Gasteiger partial charge in [0.15, 0.2) is 11.5 Å². The molecule has 0 spiro atoms. The van der Waals surface area contributed by atoms with Crippen LogP contribution in [0.2, 0.25) is 0 Å². The zero-order valence-electron chi connectivity index (χ0n) is 13.1. The maximum Gasteiger partial charge on any atom is 0.162 e. The topological polar surface area (TPSA) is 76.7 Å². The molecule has 0 atom stereocenters. The molecule has 0 radical (unpaired) electrons. The van der Waals surface area contributed by atoms with E-state index in [1.165, 1.54) is 0 Å². The van der Waals surface area contributed by atoms with Gasteiger partial charge in [-0.05, 0) is 31.6 Å². The molecular weight excluding hydrogens is 268 g/mol. The molecule has 0 aromatic heterocycles. The van der Waals surface area contributed by atoms with E-state index in [2.05, 4.69) is 12.2 Å². The molecule has 4 N–H and O–H groups in total. The molecule has 1 aromatic carbocycles. The molecule has 21 heavy (non-hydrogen) atoms. The summed E-state index contributed by atoms with van der Waals surface area (Å²) in [5.41, 5.74) is 7.19. The van der Waals surface area contributed by atoms with Gasteiger partial charge in [0.05, 0.1) is 37.7 Å². The van der Waals surface area contributed by atoms with Crippen molar-refractivity contribution in [3.63, 3.8) is 0 Å². The predicted molar refractivity (Wildman–Crippen MR) is 85.0 cm³/mol. The van der Waals surface area contributed by atoms with Gasteiger partial charge in [-0.1, -0.05) is 6.92 Å². The van der Waals surface area contributed by atoms with E-state index in [1.807, 2.05) is 6.07 Å². The zero-order chi connectivity index (χ0) is 15.5. The average molecular weight is 294 g/mol. The second-order valence-electron chi connectivity index (χ2n) is 6.04. The van der Waals surface area contributed by atoms with Crippen molar-refractivity contribution in [2.75, 3.05) is 31.9 Å². The highest BCUT2D eigenvalue weighted by Gasteiger charge is 2.34. The minimum atomic E-state index is -0.291. The molecule has 0 unspecified atom stereocenters. The molecule has 5 nitrogen and oxygen atoms in total. The first-order chi connectivity index (χ1) is 10.0. The van der Waals surface area contributed by atoms with Gasteiger partial charge in [-0.2, -0.15) is 0 Å². The fourth-order valence-corrected chi connectivity index (χ4v) is 2.93. The Labute approximate surface area is 126 Å². The van der Waals surface area contributed by atoms with Gasteiger partial charge in [0, 0.05) is 12.1 Å². The number of aliphatic hydroxyl groups excluding tert-OH is 1. The maximum absolute atomic E-state index is 9.85. The minimum absolute atomic E-state index is 0.105. The third-order valence-corrected chi connectivity index (χ3v) is 4.49. The van der Waals surface area contributed by atoms with Crippen molar-refractivity contribution in [2.24, 2.45) is 5.92 Å². The van der Waals surface area contributed by atoms with Crippen molar-refractivity contribution in [1.82, 2.24) is 0 Å². The van der Waals surface area contributed by atoms with Crippen molar-refractivity contribution < 1.29 is 14.6 Å². The van der Waals surface area contributed by atoms with Gasteiger partial charge in [0.25, 0.3) is 0 Å². The number of hydrogen-bond acceptors (Lipinski definition) is 5. The third kappa shape index (κ3) is 3.35. The van der Waals surface area contributed by atoms with Gasteiger partial charge in [0.1, 0.15) is 0 Å². The van der Waals surface area contributed by atoms with E-state index in [0.717, 1.165) is 31.4 Å². The van der Waals surface area contributed by atoms with Crippen LogP contribution in [0.15, 0.2) is 12.1 Å². The van der Waals surface area contributed by atoms with Gasteiger partial charge in [-0.3, -0.25) is 0 Å². The number of nitrogens with two attached hydrogens (primary N) is 1. The number of anilines is 2. The van der Waals surface area contributed by atoms with Crippen molar-refractivity contribution in [1.29, 1.82) is 0 Å². The summed E-state index contributed by atoms with van der Waals surface area (Å²) in [5, 5.41) is 13.3. The monoisotopic (exact) mass is 294 g/mol. The molecule has 1 saturated carbocycles. The lowest BCUT2D eigenvalue weighted by Gasteiger charge is -2.40. The lowest BCUT2D eigenvalue weighted by atomic mass is 9.77. The summed E-state index contributed by atoms with van der Waals surface area (Å²) in [6.07, 6.45) is 4.11. The van der Waals surface area contributed by atoms with Gasteiger partial charge >= 0.3 is 0 Å². The van der Waals surface area contributed by atoms with Crippen LogP contribution in [0.1, 0.15) is 32.6 Å². The number of methoxy groups -OCH3 is 2. The van der Waals surface area contributed by atoms with Crippen LogP contribution in [0.5, 0.6) is 11.5 Å². The van der Waals surface area contributed by atoms with Crippen molar-refractivity contribution in [2.45, 2.75) is 38.1 Å². The summed E-state index contributed by atoms with van der Waals surface area (Å²) in [4.78, 5) is 0. The van der Waals surface area contributed by atoms with Crippen LogP contribution in [-0.2, 0) is 0 Å². The first-order valence-electron chi connectivity index (χ1n) is 7.44. The lowest BCUT2D eigenvalue weighted by molar-refractivity contribution is 0.155. The Balaban J connectivity index is 2.25. The fourth-order valence-electron chi connectivity index (χ4n) is 2.93. The maximum atomic E-state index is 9.85.